The number of nitro benzene ring substituents is 1. The molecule has 1 heterocycles. The predicted molar refractivity (Wildman–Crippen MR) is 100 cm³/mol. The second-order valence-electron chi connectivity index (χ2n) is 5.85. The number of nitro groups is 1. The van der Waals surface area contributed by atoms with Crippen LogP contribution < -0.4 is 16.0 Å². The van der Waals surface area contributed by atoms with Crippen molar-refractivity contribution in [2.24, 2.45) is 0 Å². The molecule has 8 nitrogen and oxygen atoms in total. The largest absolute Gasteiger partial charge is 0.327 e. The van der Waals surface area contributed by atoms with Gasteiger partial charge in [0.25, 0.3) is 11.6 Å². The van der Waals surface area contributed by atoms with Crippen molar-refractivity contribution >= 4 is 34.9 Å². The Morgan fingerprint density at radius 1 is 1.22 bits per heavy atom. The highest BCUT2D eigenvalue weighted by molar-refractivity contribution is 6.31. The van der Waals surface area contributed by atoms with Crippen molar-refractivity contribution in [2.75, 3.05) is 5.32 Å². The molecule has 9 heteroatoms. The Hall–Kier alpha value is -3.39. The number of nitrogens with one attached hydrogen (secondary N) is 3. The lowest BCUT2D eigenvalue weighted by Crippen LogP contribution is -2.46. The number of non-ortho nitro benzene ring substituents is 1. The zero-order chi connectivity index (χ0) is 19.6. The van der Waals surface area contributed by atoms with Gasteiger partial charge < -0.3 is 16.0 Å². The number of benzene rings is 2. The minimum Gasteiger partial charge on any atom is -0.327 e. The minimum absolute atomic E-state index is 0.142. The molecular formula is C18H15ClN4O4. The van der Waals surface area contributed by atoms with Crippen LogP contribution in [0.4, 0.5) is 16.2 Å². The molecule has 0 radical (unpaired) electrons. The first-order valence-corrected chi connectivity index (χ1v) is 8.33. The van der Waals surface area contributed by atoms with Gasteiger partial charge in [-0.25, -0.2) is 4.79 Å². The first-order valence-electron chi connectivity index (χ1n) is 7.95. The van der Waals surface area contributed by atoms with Gasteiger partial charge in [0.15, 0.2) is 0 Å². The summed E-state index contributed by atoms with van der Waals surface area (Å²) >= 11 is 6.24. The first-order chi connectivity index (χ1) is 12.9. The van der Waals surface area contributed by atoms with Crippen LogP contribution in [0.5, 0.6) is 0 Å². The van der Waals surface area contributed by atoms with Gasteiger partial charge in [-0.3, -0.25) is 14.9 Å². The molecule has 138 valence electrons. The van der Waals surface area contributed by atoms with Crippen LogP contribution in [0.3, 0.4) is 0 Å². The van der Waals surface area contributed by atoms with Gasteiger partial charge in [-0.05, 0) is 24.6 Å². The number of carbonyl (C=O) groups is 2. The van der Waals surface area contributed by atoms with Crippen molar-refractivity contribution < 1.29 is 14.5 Å². The molecule has 0 saturated heterocycles. The van der Waals surface area contributed by atoms with Gasteiger partial charge in [0.05, 0.1) is 16.5 Å². The molecule has 3 N–H and O–H groups in total. The number of allylic oxidation sites excluding steroid dienone is 1. The standard InChI is InChI=1S/C18H15ClN4O4/c1-10-15(17(24)21-11-5-4-6-12(9-11)23(26)27)16(22-18(25)20-10)13-7-2-3-8-14(13)19/h2-9,16H,1H3,(H,21,24)(H2,20,22,25)/t16-/m1/s1. The molecule has 0 fully saturated rings. The summed E-state index contributed by atoms with van der Waals surface area (Å²) in [5.41, 5.74) is 1.32. The second-order valence-corrected chi connectivity index (χ2v) is 6.26. The molecule has 3 amide bonds. The Kier molecular flexibility index (Phi) is 5.09. The van der Waals surface area contributed by atoms with Gasteiger partial charge >= 0.3 is 6.03 Å². The molecule has 0 bridgehead atoms. The quantitative estimate of drug-likeness (QED) is 0.551. The third kappa shape index (κ3) is 3.90. The van der Waals surface area contributed by atoms with E-state index >= 15 is 0 Å². The van der Waals surface area contributed by atoms with Crippen molar-refractivity contribution in [3.05, 3.63) is 80.5 Å². The number of amides is 3. The van der Waals surface area contributed by atoms with E-state index < -0.39 is 22.9 Å². The summed E-state index contributed by atoms with van der Waals surface area (Å²) in [4.78, 5) is 35.2. The fourth-order valence-corrected chi connectivity index (χ4v) is 3.08. The zero-order valence-electron chi connectivity index (χ0n) is 14.2. The maximum absolute atomic E-state index is 12.9. The van der Waals surface area contributed by atoms with Crippen LogP contribution in [-0.4, -0.2) is 16.9 Å². The molecule has 0 spiro atoms. The lowest BCUT2D eigenvalue weighted by Gasteiger charge is -2.29. The Labute approximate surface area is 159 Å². The van der Waals surface area contributed by atoms with E-state index in [1.54, 1.807) is 37.3 Å². The van der Waals surface area contributed by atoms with Crippen molar-refractivity contribution in [2.45, 2.75) is 13.0 Å². The fraction of sp³-hybridized carbons (Fsp3) is 0.111. The Morgan fingerprint density at radius 3 is 2.67 bits per heavy atom. The Morgan fingerprint density at radius 2 is 1.96 bits per heavy atom. The van der Waals surface area contributed by atoms with Gasteiger partial charge in [-0.15, -0.1) is 0 Å². The van der Waals surface area contributed by atoms with E-state index in [2.05, 4.69) is 16.0 Å². The molecule has 1 atom stereocenters. The maximum Gasteiger partial charge on any atom is 0.319 e. The SMILES string of the molecule is CC1=C(C(=O)Nc2cccc([N+](=O)[O-])c2)[C@@H](c2ccccc2Cl)NC(=O)N1. The third-order valence-electron chi connectivity index (χ3n) is 4.04. The average molecular weight is 387 g/mol. The van der Waals surface area contributed by atoms with Crippen LogP contribution in [0.1, 0.15) is 18.5 Å². The summed E-state index contributed by atoms with van der Waals surface area (Å²) in [5, 5.41) is 19.2. The first kappa shape index (κ1) is 18.4. The lowest BCUT2D eigenvalue weighted by molar-refractivity contribution is -0.384. The average Bonchev–Trinajstić information content (AvgIpc) is 2.61. The lowest BCUT2D eigenvalue weighted by atomic mass is 9.94. The molecule has 0 unspecified atom stereocenters. The summed E-state index contributed by atoms with van der Waals surface area (Å²) in [6.45, 7) is 1.60. The van der Waals surface area contributed by atoms with Crippen LogP contribution in [0, 0.1) is 10.1 Å². The monoisotopic (exact) mass is 386 g/mol. The molecule has 0 aliphatic carbocycles. The van der Waals surface area contributed by atoms with Gasteiger partial charge in [-0.1, -0.05) is 35.9 Å². The zero-order valence-corrected chi connectivity index (χ0v) is 14.9. The predicted octanol–water partition coefficient (Wildman–Crippen LogP) is 3.51. The van der Waals surface area contributed by atoms with Crippen molar-refractivity contribution in [3.8, 4) is 0 Å². The third-order valence-corrected chi connectivity index (χ3v) is 4.39. The second kappa shape index (κ2) is 7.46. The van der Waals surface area contributed by atoms with Gasteiger partial charge in [-0.2, -0.15) is 0 Å². The highest BCUT2D eigenvalue weighted by Crippen LogP contribution is 2.32. The number of rotatable bonds is 4. The van der Waals surface area contributed by atoms with E-state index in [1.165, 1.54) is 18.2 Å². The van der Waals surface area contributed by atoms with Crippen LogP contribution in [0.15, 0.2) is 59.8 Å². The van der Waals surface area contributed by atoms with Gasteiger partial charge in [0.2, 0.25) is 0 Å². The summed E-state index contributed by atoms with van der Waals surface area (Å²) in [6, 6.07) is 11.3. The molecule has 27 heavy (non-hydrogen) atoms. The molecule has 3 rings (SSSR count). The molecule has 2 aromatic rings. The summed E-state index contributed by atoms with van der Waals surface area (Å²) < 4.78 is 0. The molecule has 1 aliphatic heterocycles. The van der Waals surface area contributed by atoms with Crippen molar-refractivity contribution in [3.63, 3.8) is 0 Å². The maximum atomic E-state index is 12.9. The minimum atomic E-state index is -0.758. The van der Waals surface area contributed by atoms with E-state index in [-0.39, 0.29) is 16.9 Å². The van der Waals surface area contributed by atoms with E-state index in [0.717, 1.165) is 0 Å². The molecule has 2 aromatic carbocycles. The number of urea groups is 1. The van der Waals surface area contributed by atoms with E-state index in [4.69, 9.17) is 11.6 Å². The fourth-order valence-electron chi connectivity index (χ4n) is 2.83. The van der Waals surface area contributed by atoms with Crippen LogP contribution in [0.2, 0.25) is 5.02 Å². The number of hydrogen-bond acceptors (Lipinski definition) is 4. The smallest absolute Gasteiger partial charge is 0.319 e. The molecule has 0 aromatic heterocycles. The number of nitrogens with zero attached hydrogens (tertiary/aromatic N) is 1. The number of hydrogen-bond donors (Lipinski definition) is 3. The molecule has 0 saturated carbocycles. The van der Waals surface area contributed by atoms with Gasteiger partial charge in [0, 0.05) is 28.5 Å². The molecular weight excluding hydrogens is 372 g/mol. The Balaban J connectivity index is 1.96. The van der Waals surface area contributed by atoms with Crippen LogP contribution in [-0.2, 0) is 4.79 Å². The number of halogens is 1. The van der Waals surface area contributed by atoms with E-state index in [0.29, 0.717) is 16.3 Å². The van der Waals surface area contributed by atoms with E-state index in [9.17, 15) is 19.7 Å². The number of anilines is 1. The summed E-state index contributed by atoms with van der Waals surface area (Å²) in [6.07, 6.45) is 0. The van der Waals surface area contributed by atoms with Crippen LogP contribution >= 0.6 is 11.6 Å². The van der Waals surface area contributed by atoms with Crippen LogP contribution in [0.25, 0.3) is 0 Å². The normalized spacial score (nSPS) is 16.4. The topological polar surface area (TPSA) is 113 Å². The highest BCUT2D eigenvalue weighted by Gasteiger charge is 2.32. The Bertz CT molecular complexity index is 973. The van der Waals surface area contributed by atoms with Crippen molar-refractivity contribution in [1.29, 1.82) is 0 Å². The number of carbonyl (C=O) groups excluding carboxylic acids is 2. The summed E-state index contributed by atoms with van der Waals surface area (Å²) in [7, 11) is 0. The van der Waals surface area contributed by atoms with E-state index in [1.807, 2.05) is 0 Å². The molecule has 1 aliphatic rings. The van der Waals surface area contributed by atoms with Crippen molar-refractivity contribution in [1.82, 2.24) is 10.6 Å². The summed E-state index contributed by atoms with van der Waals surface area (Å²) in [5.74, 6) is -0.509. The van der Waals surface area contributed by atoms with Gasteiger partial charge in [0.1, 0.15) is 0 Å². The highest BCUT2D eigenvalue weighted by atomic mass is 35.5.